The molecule has 4 rings (SSSR count). The molecule has 0 spiro atoms. The SMILES string of the molecule is Cc1oc2ncn(C)c(=O)c2c1C(=O)OC(C)C(=O)N1CCN(Cc2ccccc2)CC1. The Hall–Kier alpha value is -3.46. The highest BCUT2D eigenvalue weighted by molar-refractivity contribution is 6.04. The molecule has 32 heavy (non-hydrogen) atoms. The number of aromatic nitrogens is 2. The van der Waals surface area contributed by atoms with Gasteiger partial charge in [-0.05, 0) is 19.4 Å². The number of piperazine rings is 1. The molecule has 1 atom stereocenters. The first kappa shape index (κ1) is 21.8. The Morgan fingerprint density at radius 1 is 1.16 bits per heavy atom. The van der Waals surface area contributed by atoms with Gasteiger partial charge in [-0.1, -0.05) is 30.3 Å². The highest BCUT2D eigenvalue weighted by atomic mass is 16.5. The first-order valence-corrected chi connectivity index (χ1v) is 10.6. The molecule has 9 nitrogen and oxygen atoms in total. The standard InChI is InChI=1S/C23H26N4O5/c1-15-18(19-20(31-15)24-14-25(3)22(19)29)23(30)32-16(2)21(28)27-11-9-26(10-12-27)13-17-7-5-4-6-8-17/h4-8,14,16H,9-13H2,1-3H3. The summed E-state index contributed by atoms with van der Waals surface area (Å²) >= 11 is 0. The number of carbonyl (C=O) groups excluding carboxylic acids is 2. The zero-order valence-electron chi connectivity index (χ0n) is 18.4. The van der Waals surface area contributed by atoms with Crippen molar-refractivity contribution in [3.63, 3.8) is 0 Å². The molecule has 3 heterocycles. The Morgan fingerprint density at radius 2 is 1.84 bits per heavy atom. The average molecular weight is 438 g/mol. The zero-order chi connectivity index (χ0) is 22.8. The van der Waals surface area contributed by atoms with Crippen LogP contribution in [0.3, 0.4) is 0 Å². The summed E-state index contributed by atoms with van der Waals surface area (Å²) in [5.74, 6) is -0.793. The summed E-state index contributed by atoms with van der Waals surface area (Å²) in [5, 5.41) is 0.0617. The lowest BCUT2D eigenvalue weighted by Crippen LogP contribution is -2.51. The number of amides is 1. The Kier molecular flexibility index (Phi) is 6.09. The van der Waals surface area contributed by atoms with Crippen molar-refractivity contribution in [2.45, 2.75) is 26.5 Å². The topological polar surface area (TPSA) is 97.9 Å². The molecule has 0 bridgehead atoms. The second kappa shape index (κ2) is 8.96. The van der Waals surface area contributed by atoms with E-state index in [2.05, 4.69) is 22.0 Å². The van der Waals surface area contributed by atoms with E-state index in [0.717, 1.165) is 19.6 Å². The van der Waals surface area contributed by atoms with E-state index in [9.17, 15) is 14.4 Å². The normalized spacial score (nSPS) is 15.7. The summed E-state index contributed by atoms with van der Waals surface area (Å²) in [5.41, 5.74) is 0.914. The summed E-state index contributed by atoms with van der Waals surface area (Å²) in [6.07, 6.45) is 0.347. The van der Waals surface area contributed by atoms with E-state index < -0.39 is 17.6 Å². The lowest BCUT2D eigenvalue weighted by Gasteiger charge is -2.35. The van der Waals surface area contributed by atoms with Crippen LogP contribution in [0.15, 0.2) is 45.9 Å². The molecule has 1 unspecified atom stereocenters. The highest BCUT2D eigenvalue weighted by Crippen LogP contribution is 2.22. The van der Waals surface area contributed by atoms with Crippen LogP contribution in [-0.2, 0) is 23.1 Å². The molecular formula is C23H26N4O5. The Labute approximate surface area is 185 Å². The van der Waals surface area contributed by atoms with Gasteiger partial charge in [0, 0.05) is 39.8 Å². The van der Waals surface area contributed by atoms with E-state index in [1.807, 2.05) is 18.2 Å². The molecule has 1 fully saturated rings. The fraction of sp³-hybridized carbons (Fsp3) is 0.391. The maximum absolute atomic E-state index is 12.9. The molecule has 2 aromatic heterocycles. The molecule has 1 amide bonds. The lowest BCUT2D eigenvalue weighted by molar-refractivity contribution is -0.141. The molecule has 1 aliphatic heterocycles. The van der Waals surface area contributed by atoms with E-state index >= 15 is 0 Å². The van der Waals surface area contributed by atoms with Gasteiger partial charge in [-0.15, -0.1) is 0 Å². The van der Waals surface area contributed by atoms with Gasteiger partial charge in [-0.3, -0.25) is 14.5 Å². The number of benzene rings is 1. The number of fused-ring (bicyclic) bond motifs is 1. The van der Waals surface area contributed by atoms with Gasteiger partial charge in [0.2, 0.25) is 5.71 Å². The van der Waals surface area contributed by atoms with Crippen molar-refractivity contribution in [3.8, 4) is 0 Å². The maximum Gasteiger partial charge on any atom is 0.343 e. The van der Waals surface area contributed by atoms with Crippen molar-refractivity contribution < 1.29 is 18.7 Å². The van der Waals surface area contributed by atoms with Crippen molar-refractivity contribution in [1.82, 2.24) is 19.4 Å². The lowest BCUT2D eigenvalue weighted by atomic mass is 10.2. The minimum Gasteiger partial charge on any atom is -0.449 e. The Bertz CT molecular complexity index is 1190. The molecular weight excluding hydrogens is 412 g/mol. The van der Waals surface area contributed by atoms with Gasteiger partial charge in [0.25, 0.3) is 11.5 Å². The zero-order valence-corrected chi connectivity index (χ0v) is 18.4. The van der Waals surface area contributed by atoms with Gasteiger partial charge in [0.1, 0.15) is 23.0 Å². The third-order valence-electron chi connectivity index (χ3n) is 5.72. The van der Waals surface area contributed by atoms with E-state index in [-0.39, 0.29) is 28.3 Å². The number of hydrogen-bond acceptors (Lipinski definition) is 7. The number of aryl methyl sites for hydroxylation is 2. The van der Waals surface area contributed by atoms with Crippen LogP contribution >= 0.6 is 0 Å². The minimum atomic E-state index is -0.979. The van der Waals surface area contributed by atoms with Crippen LogP contribution in [0.5, 0.6) is 0 Å². The first-order valence-electron chi connectivity index (χ1n) is 10.6. The Morgan fingerprint density at radius 3 is 2.53 bits per heavy atom. The molecule has 1 aliphatic rings. The smallest absolute Gasteiger partial charge is 0.343 e. The molecule has 0 radical (unpaired) electrons. The van der Waals surface area contributed by atoms with Crippen LogP contribution in [0, 0.1) is 6.92 Å². The first-order chi connectivity index (χ1) is 15.3. The third-order valence-corrected chi connectivity index (χ3v) is 5.72. The molecule has 1 saturated heterocycles. The van der Waals surface area contributed by atoms with Crippen LogP contribution in [-0.4, -0.2) is 63.5 Å². The fourth-order valence-electron chi connectivity index (χ4n) is 3.93. The van der Waals surface area contributed by atoms with E-state index in [4.69, 9.17) is 9.15 Å². The van der Waals surface area contributed by atoms with Crippen molar-refractivity contribution >= 4 is 23.0 Å². The van der Waals surface area contributed by atoms with Crippen LogP contribution < -0.4 is 5.56 Å². The van der Waals surface area contributed by atoms with Gasteiger partial charge < -0.3 is 18.6 Å². The van der Waals surface area contributed by atoms with Crippen molar-refractivity contribution in [1.29, 1.82) is 0 Å². The van der Waals surface area contributed by atoms with Crippen molar-refractivity contribution in [2.24, 2.45) is 7.05 Å². The van der Waals surface area contributed by atoms with E-state index in [1.54, 1.807) is 18.7 Å². The summed E-state index contributed by atoms with van der Waals surface area (Å²) in [6.45, 7) is 6.56. The number of rotatable bonds is 5. The largest absolute Gasteiger partial charge is 0.449 e. The average Bonchev–Trinajstić information content (AvgIpc) is 3.13. The molecule has 0 aliphatic carbocycles. The number of esters is 1. The van der Waals surface area contributed by atoms with Crippen molar-refractivity contribution in [3.05, 3.63) is 63.9 Å². The second-order valence-corrected chi connectivity index (χ2v) is 8.01. The number of hydrogen-bond donors (Lipinski definition) is 0. The molecule has 0 saturated carbocycles. The van der Waals surface area contributed by atoms with E-state index in [0.29, 0.717) is 13.1 Å². The number of carbonyl (C=O) groups is 2. The summed E-state index contributed by atoms with van der Waals surface area (Å²) in [6, 6.07) is 10.2. The number of nitrogens with zero attached hydrogens (tertiary/aromatic N) is 4. The molecule has 0 N–H and O–H groups in total. The minimum absolute atomic E-state index is 0.0148. The number of furan rings is 1. The van der Waals surface area contributed by atoms with Crippen LogP contribution in [0.4, 0.5) is 0 Å². The summed E-state index contributed by atoms with van der Waals surface area (Å²) < 4.78 is 12.1. The van der Waals surface area contributed by atoms with Crippen LogP contribution in [0.25, 0.3) is 11.1 Å². The van der Waals surface area contributed by atoms with Gasteiger partial charge in [-0.2, -0.15) is 0 Å². The van der Waals surface area contributed by atoms with Crippen LogP contribution in [0.1, 0.15) is 28.6 Å². The molecule has 9 heteroatoms. The predicted octanol–water partition coefficient (Wildman–Crippen LogP) is 1.72. The maximum atomic E-state index is 12.9. The molecule has 1 aromatic carbocycles. The number of ether oxygens (including phenoxy) is 1. The third kappa shape index (κ3) is 4.29. The highest BCUT2D eigenvalue weighted by Gasteiger charge is 2.30. The van der Waals surface area contributed by atoms with Gasteiger partial charge in [0.05, 0.1) is 0 Å². The Balaban J connectivity index is 1.39. The quantitative estimate of drug-likeness (QED) is 0.560. The summed E-state index contributed by atoms with van der Waals surface area (Å²) in [4.78, 5) is 46.2. The second-order valence-electron chi connectivity index (χ2n) is 8.01. The monoisotopic (exact) mass is 438 g/mol. The van der Waals surface area contributed by atoms with Crippen molar-refractivity contribution in [2.75, 3.05) is 26.2 Å². The fourth-order valence-corrected chi connectivity index (χ4v) is 3.93. The summed E-state index contributed by atoms with van der Waals surface area (Å²) in [7, 11) is 1.54. The predicted molar refractivity (Wildman–Crippen MR) is 117 cm³/mol. The van der Waals surface area contributed by atoms with Gasteiger partial charge >= 0.3 is 5.97 Å². The van der Waals surface area contributed by atoms with E-state index in [1.165, 1.54) is 23.5 Å². The van der Waals surface area contributed by atoms with Gasteiger partial charge in [-0.25, -0.2) is 9.78 Å². The molecule has 3 aromatic rings. The van der Waals surface area contributed by atoms with Gasteiger partial charge in [0.15, 0.2) is 6.10 Å². The van der Waals surface area contributed by atoms with Crippen LogP contribution in [0.2, 0.25) is 0 Å². The molecule has 168 valence electrons.